The molecule has 0 aromatic rings. The maximum atomic E-state index is 11.1. The molecule has 3 N–H and O–H groups in total. The minimum Gasteiger partial charge on any atom is -0.353 e. The van der Waals surface area contributed by atoms with E-state index < -0.39 is 0 Å². The topological polar surface area (TPSA) is 55.1 Å². The van der Waals surface area contributed by atoms with Gasteiger partial charge in [0.05, 0.1) is 5.92 Å². The molecule has 1 heterocycles. The molecule has 3 atom stereocenters. The van der Waals surface area contributed by atoms with Crippen LogP contribution < -0.4 is 11.1 Å². The van der Waals surface area contributed by atoms with Gasteiger partial charge in [-0.25, -0.2) is 0 Å². The molecule has 2 fully saturated rings. The normalized spacial score (nSPS) is 45.3. The Morgan fingerprint density at radius 3 is 3.00 bits per heavy atom. The lowest BCUT2D eigenvalue weighted by Crippen LogP contribution is -2.35. The Morgan fingerprint density at radius 1 is 1.50 bits per heavy atom. The number of hydrogen-bond donors (Lipinski definition) is 2. The van der Waals surface area contributed by atoms with E-state index in [0.29, 0.717) is 6.04 Å². The maximum absolute atomic E-state index is 11.1. The van der Waals surface area contributed by atoms with Gasteiger partial charge in [0, 0.05) is 12.1 Å². The zero-order valence-electron chi connectivity index (χ0n) is 5.84. The minimum atomic E-state index is 0.124. The molecule has 0 aromatic carbocycles. The van der Waals surface area contributed by atoms with Crippen LogP contribution in [0.5, 0.6) is 0 Å². The molecule has 1 amide bonds. The summed E-state index contributed by atoms with van der Waals surface area (Å²) in [7, 11) is 0. The van der Waals surface area contributed by atoms with E-state index in [0.717, 1.165) is 19.3 Å². The highest BCUT2D eigenvalue weighted by atomic mass is 16.2. The van der Waals surface area contributed by atoms with E-state index in [1.807, 2.05) is 0 Å². The first-order chi connectivity index (χ1) is 4.77. The lowest BCUT2D eigenvalue weighted by Gasteiger charge is -2.21. The van der Waals surface area contributed by atoms with Crippen molar-refractivity contribution in [3.63, 3.8) is 0 Å². The fourth-order valence-corrected chi connectivity index (χ4v) is 1.93. The summed E-state index contributed by atoms with van der Waals surface area (Å²) >= 11 is 0. The number of hydrogen-bond acceptors (Lipinski definition) is 2. The van der Waals surface area contributed by atoms with E-state index >= 15 is 0 Å². The zero-order chi connectivity index (χ0) is 7.14. The largest absolute Gasteiger partial charge is 0.353 e. The maximum Gasteiger partial charge on any atom is 0.224 e. The lowest BCUT2D eigenvalue weighted by molar-refractivity contribution is -0.122. The van der Waals surface area contributed by atoms with Crippen LogP contribution in [-0.4, -0.2) is 18.0 Å². The predicted molar refractivity (Wildman–Crippen MR) is 37.2 cm³/mol. The highest BCUT2D eigenvalue weighted by Gasteiger charge is 2.39. The van der Waals surface area contributed by atoms with Gasteiger partial charge in [0.2, 0.25) is 5.91 Å². The number of rotatable bonds is 0. The monoisotopic (exact) mass is 140 g/mol. The third-order valence-corrected chi connectivity index (χ3v) is 2.59. The predicted octanol–water partition coefficient (Wildman–Crippen LogP) is -0.388. The zero-order valence-corrected chi connectivity index (χ0v) is 5.84. The van der Waals surface area contributed by atoms with Crippen LogP contribution in [-0.2, 0) is 4.79 Å². The lowest BCUT2D eigenvalue weighted by atomic mass is 9.86. The first-order valence-corrected chi connectivity index (χ1v) is 3.83. The summed E-state index contributed by atoms with van der Waals surface area (Å²) < 4.78 is 0. The molecule has 3 nitrogen and oxygen atoms in total. The van der Waals surface area contributed by atoms with Crippen molar-refractivity contribution in [2.24, 2.45) is 11.7 Å². The molecule has 0 radical (unpaired) electrons. The Bertz CT molecular complexity index is 169. The molecule has 1 saturated heterocycles. The van der Waals surface area contributed by atoms with Crippen molar-refractivity contribution in [2.45, 2.75) is 31.3 Å². The number of fused-ring (bicyclic) bond motifs is 2. The van der Waals surface area contributed by atoms with Crippen molar-refractivity contribution in [2.75, 3.05) is 0 Å². The smallest absolute Gasteiger partial charge is 0.224 e. The molecule has 2 rings (SSSR count). The molecular weight excluding hydrogens is 128 g/mol. The first-order valence-electron chi connectivity index (χ1n) is 3.83. The van der Waals surface area contributed by atoms with Gasteiger partial charge in [0.25, 0.3) is 0 Å². The molecular formula is C7H12N2O. The van der Waals surface area contributed by atoms with Crippen molar-refractivity contribution >= 4 is 5.91 Å². The highest BCUT2D eigenvalue weighted by molar-refractivity contribution is 5.82. The van der Waals surface area contributed by atoms with Crippen LogP contribution >= 0.6 is 0 Å². The molecule has 56 valence electrons. The van der Waals surface area contributed by atoms with Crippen LogP contribution in [0.2, 0.25) is 0 Å². The Hall–Kier alpha value is -0.570. The molecule has 1 saturated carbocycles. The minimum absolute atomic E-state index is 0.124. The van der Waals surface area contributed by atoms with Crippen molar-refractivity contribution in [1.82, 2.24) is 5.32 Å². The van der Waals surface area contributed by atoms with Crippen LogP contribution in [0.15, 0.2) is 0 Å². The molecule has 1 aliphatic carbocycles. The quantitative estimate of drug-likeness (QED) is 0.481. The van der Waals surface area contributed by atoms with E-state index in [2.05, 4.69) is 5.32 Å². The average molecular weight is 140 g/mol. The van der Waals surface area contributed by atoms with Crippen molar-refractivity contribution in [1.29, 1.82) is 0 Å². The number of nitrogens with one attached hydrogen (secondary N) is 1. The number of carbonyl (C=O) groups excluding carboxylic acids is 1. The molecule has 0 aromatic heterocycles. The standard InChI is InChI=1S/C7H12N2O/c8-6-2-1-4-3-5(6)7(10)9-4/h4-6H,1-3,8H2,(H,9,10). The summed E-state index contributed by atoms with van der Waals surface area (Å²) in [5, 5.41) is 2.93. The fraction of sp³-hybridized carbons (Fsp3) is 0.857. The number of amides is 1. The molecule has 3 heteroatoms. The Kier molecular flexibility index (Phi) is 1.20. The molecule has 2 bridgehead atoms. The van der Waals surface area contributed by atoms with Gasteiger partial charge in [-0.1, -0.05) is 0 Å². The van der Waals surface area contributed by atoms with Gasteiger partial charge in [-0.3, -0.25) is 4.79 Å². The number of nitrogens with two attached hydrogens (primary N) is 1. The summed E-state index contributed by atoms with van der Waals surface area (Å²) in [5.41, 5.74) is 5.75. The third-order valence-electron chi connectivity index (χ3n) is 2.59. The molecule has 2 aliphatic rings. The molecule has 1 aliphatic heterocycles. The van der Waals surface area contributed by atoms with Gasteiger partial charge in [0.15, 0.2) is 0 Å². The second-order valence-electron chi connectivity index (χ2n) is 3.29. The SMILES string of the molecule is NC1CCC2CC1C(=O)N2. The van der Waals surface area contributed by atoms with Gasteiger partial charge in [-0.05, 0) is 19.3 Å². The summed E-state index contributed by atoms with van der Waals surface area (Å²) in [4.78, 5) is 11.1. The Morgan fingerprint density at radius 2 is 2.30 bits per heavy atom. The summed E-state index contributed by atoms with van der Waals surface area (Å²) in [5.74, 6) is 0.300. The highest BCUT2D eigenvalue weighted by Crippen LogP contribution is 2.28. The van der Waals surface area contributed by atoms with Gasteiger partial charge in [-0.15, -0.1) is 0 Å². The van der Waals surface area contributed by atoms with Gasteiger partial charge < -0.3 is 11.1 Å². The summed E-state index contributed by atoms with van der Waals surface area (Å²) in [6.07, 6.45) is 3.05. The van der Waals surface area contributed by atoms with E-state index in [4.69, 9.17) is 5.73 Å². The van der Waals surface area contributed by atoms with Crippen LogP contribution in [0, 0.1) is 5.92 Å². The second-order valence-corrected chi connectivity index (χ2v) is 3.29. The van der Waals surface area contributed by atoms with Crippen LogP contribution in [0.1, 0.15) is 19.3 Å². The second kappa shape index (κ2) is 1.95. The van der Waals surface area contributed by atoms with Crippen molar-refractivity contribution in [3.05, 3.63) is 0 Å². The van der Waals surface area contributed by atoms with E-state index in [1.54, 1.807) is 0 Å². The van der Waals surface area contributed by atoms with Crippen LogP contribution in [0.3, 0.4) is 0 Å². The van der Waals surface area contributed by atoms with E-state index in [9.17, 15) is 4.79 Å². The van der Waals surface area contributed by atoms with Crippen LogP contribution in [0.25, 0.3) is 0 Å². The Balaban J connectivity index is 2.17. The third kappa shape index (κ3) is 0.736. The van der Waals surface area contributed by atoms with Crippen LogP contribution in [0.4, 0.5) is 0 Å². The number of carbonyl (C=O) groups is 1. The van der Waals surface area contributed by atoms with Gasteiger partial charge in [-0.2, -0.15) is 0 Å². The van der Waals surface area contributed by atoms with E-state index in [-0.39, 0.29) is 17.9 Å². The molecule has 10 heavy (non-hydrogen) atoms. The molecule has 3 unspecified atom stereocenters. The average Bonchev–Trinajstić information content (AvgIpc) is 2.21. The van der Waals surface area contributed by atoms with Crippen molar-refractivity contribution < 1.29 is 4.79 Å². The van der Waals surface area contributed by atoms with Crippen molar-refractivity contribution in [3.8, 4) is 0 Å². The first kappa shape index (κ1) is 6.16. The Labute approximate surface area is 60.0 Å². The van der Waals surface area contributed by atoms with Gasteiger partial charge in [0.1, 0.15) is 0 Å². The van der Waals surface area contributed by atoms with E-state index in [1.165, 1.54) is 0 Å². The van der Waals surface area contributed by atoms with Gasteiger partial charge >= 0.3 is 0 Å². The fourth-order valence-electron chi connectivity index (χ4n) is 1.93. The summed E-state index contributed by atoms with van der Waals surface area (Å²) in [6, 6.07) is 0.566. The molecule has 0 spiro atoms. The summed E-state index contributed by atoms with van der Waals surface area (Å²) in [6.45, 7) is 0.